The average Bonchev–Trinajstić information content (AvgIpc) is 3.40. The van der Waals surface area contributed by atoms with Crippen LogP contribution in [0.3, 0.4) is 0 Å². The molecule has 3 aromatic rings. The molecule has 0 bridgehead atoms. The Hall–Kier alpha value is -3.00. The Kier molecular flexibility index (Phi) is 4.97. The molecule has 2 aromatic heterocycles. The lowest BCUT2D eigenvalue weighted by atomic mass is 9.97. The van der Waals surface area contributed by atoms with Gasteiger partial charge < -0.3 is 14.6 Å². The highest BCUT2D eigenvalue weighted by molar-refractivity contribution is 7.18. The van der Waals surface area contributed by atoms with E-state index in [0.29, 0.717) is 23.8 Å². The minimum absolute atomic E-state index is 0.108. The van der Waals surface area contributed by atoms with Crippen LogP contribution in [0.1, 0.15) is 23.2 Å². The van der Waals surface area contributed by atoms with Gasteiger partial charge in [0.25, 0.3) is 5.91 Å². The third-order valence-electron chi connectivity index (χ3n) is 4.52. The van der Waals surface area contributed by atoms with Gasteiger partial charge in [-0.2, -0.15) is 0 Å². The summed E-state index contributed by atoms with van der Waals surface area (Å²) in [6.07, 6.45) is 4.43. The predicted octanol–water partition coefficient (Wildman–Crippen LogP) is 3.29. The molecular weight excluding hydrogens is 364 g/mol. The molecule has 1 atom stereocenters. The molecule has 0 unspecified atom stereocenters. The lowest BCUT2D eigenvalue weighted by molar-refractivity contribution is -0.121. The van der Waals surface area contributed by atoms with E-state index in [1.54, 1.807) is 11.0 Å². The summed E-state index contributed by atoms with van der Waals surface area (Å²) in [6, 6.07) is 11.3. The van der Waals surface area contributed by atoms with Crippen LogP contribution in [0.25, 0.3) is 10.6 Å². The molecule has 0 spiro atoms. The van der Waals surface area contributed by atoms with E-state index in [1.807, 2.05) is 30.3 Å². The maximum absolute atomic E-state index is 12.6. The molecule has 138 valence electrons. The molecule has 1 saturated heterocycles. The number of carbonyl (C=O) groups excluding carboxylic acids is 2. The monoisotopic (exact) mass is 382 g/mol. The third-order valence-corrected chi connectivity index (χ3v) is 5.41. The molecule has 7 nitrogen and oxygen atoms in total. The quantitative estimate of drug-likeness (QED) is 0.748. The molecule has 1 N–H and O–H groups in total. The van der Waals surface area contributed by atoms with Crippen LogP contribution in [0.5, 0.6) is 0 Å². The Morgan fingerprint density at radius 3 is 2.81 bits per heavy atom. The van der Waals surface area contributed by atoms with Crippen molar-refractivity contribution in [3.8, 4) is 10.6 Å². The zero-order valence-corrected chi connectivity index (χ0v) is 15.3. The zero-order chi connectivity index (χ0) is 18.6. The summed E-state index contributed by atoms with van der Waals surface area (Å²) in [4.78, 5) is 26.8. The number of aromatic nitrogens is 2. The van der Waals surface area contributed by atoms with E-state index in [-0.39, 0.29) is 17.7 Å². The molecule has 0 aliphatic carbocycles. The molecule has 1 aliphatic rings. The molecule has 3 heterocycles. The number of hydrogen-bond donors (Lipinski definition) is 1. The number of rotatable bonds is 4. The van der Waals surface area contributed by atoms with Crippen molar-refractivity contribution in [2.24, 2.45) is 5.92 Å². The zero-order valence-electron chi connectivity index (χ0n) is 14.5. The topological polar surface area (TPSA) is 88.3 Å². The number of carbonyl (C=O) groups is 2. The summed E-state index contributed by atoms with van der Waals surface area (Å²) < 4.78 is 4.98. The third kappa shape index (κ3) is 3.90. The minimum atomic E-state index is -0.265. The number of amides is 2. The van der Waals surface area contributed by atoms with Crippen molar-refractivity contribution in [2.75, 3.05) is 18.4 Å². The number of hydrogen-bond acceptors (Lipinski definition) is 6. The average molecular weight is 382 g/mol. The number of nitrogens with zero attached hydrogens (tertiary/aromatic N) is 3. The van der Waals surface area contributed by atoms with Gasteiger partial charge in [-0.3, -0.25) is 9.59 Å². The standard InChI is InChI=1S/C19H18N4O3S/c24-16(20-19-22-21-17(27-19)13-5-2-1-3-6-13)14-7-4-9-23(11-14)18(25)15-8-10-26-12-15/h1-3,5-6,8,10,12,14H,4,7,9,11H2,(H,20,22,24)/t14-/m0/s1. The first-order chi connectivity index (χ1) is 13.2. The normalized spacial score (nSPS) is 16.9. The van der Waals surface area contributed by atoms with Crippen molar-refractivity contribution in [1.82, 2.24) is 15.1 Å². The maximum Gasteiger partial charge on any atom is 0.257 e. The van der Waals surface area contributed by atoms with Gasteiger partial charge in [0.15, 0.2) is 0 Å². The van der Waals surface area contributed by atoms with Gasteiger partial charge in [-0.1, -0.05) is 41.7 Å². The van der Waals surface area contributed by atoms with E-state index < -0.39 is 0 Å². The highest BCUT2D eigenvalue weighted by Crippen LogP contribution is 2.27. The highest BCUT2D eigenvalue weighted by atomic mass is 32.1. The summed E-state index contributed by atoms with van der Waals surface area (Å²) in [7, 11) is 0. The smallest absolute Gasteiger partial charge is 0.257 e. The van der Waals surface area contributed by atoms with Crippen LogP contribution in [-0.2, 0) is 4.79 Å². The molecule has 27 heavy (non-hydrogen) atoms. The Labute approximate surface area is 160 Å². The first-order valence-corrected chi connectivity index (χ1v) is 9.53. The van der Waals surface area contributed by atoms with Gasteiger partial charge in [-0.05, 0) is 18.9 Å². The minimum Gasteiger partial charge on any atom is -0.472 e. The summed E-state index contributed by atoms with van der Waals surface area (Å²) >= 11 is 1.34. The summed E-state index contributed by atoms with van der Waals surface area (Å²) in [6.45, 7) is 1.03. The van der Waals surface area contributed by atoms with Crippen molar-refractivity contribution in [2.45, 2.75) is 12.8 Å². The Morgan fingerprint density at radius 2 is 2.04 bits per heavy atom. The second-order valence-electron chi connectivity index (χ2n) is 6.37. The molecule has 2 amide bonds. The number of likely N-dealkylation sites (tertiary alicyclic amines) is 1. The Bertz CT molecular complexity index is 924. The first-order valence-electron chi connectivity index (χ1n) is 8.72. The number of anilines is 1. The van der Waals surface area contributed by atoms with Gasteiger partial charge in [-0.25, -0.2) is 0 Å². The van der Waals surface area contributed by atoms with Gasteiger partial charge in [0, 0.05) is 18.7 Å². The second-order valence-corrected chi connectivity index (χ2v) is 7.35. The number of nitrogens with one attached hydrogen (secondary N) is 1. The van der Waals surface area contributed by atoms with Crippen molar-refractivity contribution in [1.29, 1.82) is 0 Å². The fourth-order valence-corrected chi connectivity index (χ4v) is 3.87. The van der Waals surface area contributed by atoms with Crippen molar-refractivity contribution < 1.29 is 14.0 Å². The second kappa shape index (κ2) is 7.71. The van der Waals surface area contributed by atoms with Crippen LogP contribution >= 0.6 is 11.3 Å². The fourth-order valence-electron chi connectivity index (χ4n) is 3.12. The molecule has 8 heteroatoms. The van der Waals surface area contributed by atoms with Gasteiger partial charge in [-0.15, -0.1) is 10.2 Å². The van der Waals surface area contributed by atoms with Crippen molar-refractivity contribution >= 4 is 28.3 Å². The van der Waals surface area contributed by atoms with Crippen LogP contribution in [0, 0.1) is 5.92 Å². The van der Waals surface area contributed by atoms with E-state index >= 15 is 0 Å². The SMILES string of the molecule is O=C(Nc1nnc(-c2ccccc2)s1)[C@H]1CCCN(C(=O)c2ccoc2)C1. The number of furan rings is 1. The van der Waals surface area contributed by atoms with E-state index in [9.17, 15) is 9.59 Å². The highest BCUT2D eigenvalue weighted by Gasteiger charge is 2.29. The van der Waals surface area contributed by atoms with E-state index in [1.165, 1.54) is 23.9 Å². The van der Waals surface area contributed by atoms with Crippen LogP contribution in [0.4, 0.5) is 5.13 Å². The van der Waals surface area contributed by atoms with Crippen LogP contribution in [0.2, 0.25) is 0 Å². The van der Waals surface area contributed by atoms with Crippen LogP contribution < -0.4 is 5.32 Å². The molecular formula is C19H18N4O3S. The lowest BCUT2D eigenvalue weighted by Crippen LogP contribution is -2.43. The Balaban J connectivity index is 1.39. The van der Waals surface area contributed by atoms with Gasteiger partial charge in [0.2, 0.25) is 11.0 Å². The molecule has 0 radical (unpaired) electrons. The molecule has 1 aromatic carbocycles. The largest absolute Gasteiger partial charge is 0.472 e. The maximum atomic E-state index is 12.6. The molecule has 0 saturated carbocycles. The summed E-state index contributed by atoms with van der Waals surface area (Å²) in [5.74, 6) is -0.502. The lowest BCUT2D eigenvalue weighted by Gasteiger charge is -2.31. The van der Waals surface area contributed by atoms with Crippen molar-refractivity contribution in [3.63, 3.8) is 0 Å². The van der Waals surface area contributed by atoms with Gasteiger partial charge in [0.05, 0.1) is 17.7 Å². The molecule has 1 aliphatic heterocycles. The molecule has 4 rings (SSSR count). The summed E-state index contributed by atoms with van der Waals surface area (Å²) in [5.41, 5.74) is 1.47. The predicted molar refractivity (Wildman–Crippen MR) is 101 cm³/mol. The number of piperidine rings is 1. The molecule has 1 fully saturated rings. The van der Waals surface area contributed by atoms with Gasteiger partial charge >= 0.3 is 0 Å². The van der Waals surface area contributed by atoms with Crippen LogP contribution in [-0.4, -0.2) is 40.0 Å². The van der Waals surface area contributed by atoms with Gasteiger partial charge in [0.1, 0.15) is 11.3 Å². The van der Waals surface area contributed by atoms with E-state index in [4.69, 9.17) is 4.42 Å². The fraction of sp³-hybridized carbons (Fsp3) is 0.263. The van der Waals surface area contributed by atoms with E-state index in [0.717, 1.165) is 23.4 Å². The number of benzene rings is 1. The Morgan fingerprint density at radius 1 is 1.19 bits per heavy atom. The van der Waals surface area contributed by atoms with Crippen molar-refractivity contribution in [3.05, 3.63) is 54.5 Å². The summed E-state index contributed by atoms with van der Waals surface area (Å²) in [5, 5.41) is 12.3. The first kappa shape index (κ1) is 17.4. The van der Waals surface area contributed by atoms with E-state index in [2.05, 4.69) is 15.5 Å². The van der Waals surface area contributed by atoms with Crippen LogP contribution in [0.15, 0.2) is 53.3 Å².